The number of aryl methyl sites for hydroxylation is 2. The highest BCUT2D eigenvalue weighted by molar-refractivity contribution is 5.77. The first-order valence-corrected chi connectivity index (χ1v) is 7.58. The van der Waals surface area contributed by atoms with E-state index in [2.05, 4.69) is 0 Å². The molecule has 1 fully saturated rings. The van der Waals surface area contributed by atoms with Gasteiger partial charge >= 0.3 is 0 Å². The molecule has 116 valence electrons. The van der Waals surface area contributed by atoms with Crippen molar-refractivity contribution in [1.82, 2.24) is 4.90 Å². The zero-order chi connectivity index (χ0) is 15.5. The number of nitrogens with zero attached hydrogens (tertiary/aromatic N) is 1. The molecular formula is C17H25NO3. The van der Waals surface area contributed by atoms with E-state index in [4.69, 9.17) is 4.74 Å². The van der Waals surface area contributed by atoms with E-state index in [0.717, 1.165) is 24.2 Å². The second kappa shape index (κ2) is 6.48. The highest BCUT2D eigenvalue weighted by atomic mass is 16.5. The van der Waals surface area contributed by atoms with Gasteiger partial charge < -0.3 is 14.7 Å². The summed E-state index contributed by atoms with van der Waals surface area (Å²) in [6.45, 7) is 7.22. The molecule has 0 spiro atoms. The lowest BCUT2D eigenvalue weighted by molar-refractivity contribution is -0.133. The maximum Gasteiger partial charge on any atom is 0.260 e. The van der Waals surface area contributed by atoms with Crippen LogP contribution in [-0.4, -0.2) is 41.2 Å². The van der Waals surface area contributed by atoms with Gasteiger partial charge in [-0.15, -0.1) is 0 Å². The van der Waals surface area contributed by atoms with Crippen LogP contribution < -0.4 is 4.74 Å². The average Bonchev–Trinajstić information content (AvgIpc) is 2.58. The Morgan fingerprint density at radius 1 is 1.33 bits per heavy atom. The van der Waals surface area contributed by atoms with E-state index in [1.54, 1.807) is 4.90 Å². The van der Waals surface area contributed by atoms with Gasteiger partial charge in [0.25, 0.3) is 5.91 Å². The summed E-state index contributed by atoms with van der Waals surface area (Å²) in [7, 11) is 0. The van der Waals surface area contributed by atoms with E-state index in [9.17, 15) is 9.90 Å². The monoisotopic (exact) mass is 291 g/mol. The maximum absolute atomic E-state index is 12.2. The maximum atomic E-state index is 12.2. The number of amides is 1. The number of hydrogen-bond donors (Lipinski definition) is 1. The van der Waals surface area contributed by atoms with Crippen molar-refractivity contribution in [3.8, 4) is 5.75 Å². The fourth-order valence-electron chi connectivity index (χ4n) is 2.70. The minimum absolute atomic E-state index is 0.00678. The molecule has 0 bridgehead atoms. The molecule has 1 unspecified atom stereocenters. The van der Waals surface area contributed by atoms with Crippen LogP contribution in [0.1, 0.15) is 37.3 Å². The minimum Gasteiger partial charge on any atom is -0.484 e. The van der Waals surface area contributed by atoms with Crippen LogP contribution >= 0.6 is 0 Å². The minimum atomic E-state index is -0.649. The summed E-state index contributed by atoms with van der Waals surface area (Å²) in [6.07, 6.45) is 2.21. The van der Waals surface area contributed by atoms with Crippen LogP contribution in [-0.2, 0) is 4.79 Å². The Labute approximate surface area is 126 Å². The molecule has 0 aromatic heterocycles. The van der Waals surface area contributed by atoms with Gasteiger partial charge in [0.15, 0.2) is 6.61 Å². The molecule has 1 saturated heterocycles. The van der Waals surface area contributed by atoms with E-state index in [0.29, 0.717) is 19.5 Å². The molecule has 1 N–H and O–H groups in total. The first-order valence-electron chi connectivity index (χ1n) is 7.58. The molecule has 21 heavy (non-hydrogen) atoms. The topological polar surface area (TPSA) is 49.8 Å². The number of aliphatic hydroxyl groups is 1. The number of benzene rings is 1. The zero-order valence-electron chi connectivity index (χ0n) is 13.2. The number of ether oxygens (including phenoxy) is 1. The molecule has 0 radical (unpaired) electrons. The molecule has 0 aliphatic carbocycles. The lowest BCUT2D eigenvalue weighted by atomic mass is 9.98. The molecule has 2 rings (SSSR count). The van der Waals surface area contributed by atoms with E-state index in [1.165, 1.54) is 5.56 Å². The Morgan fingerprint density at radius 2 is 2.10 bits per heavy atom. The van der Waals surface area contributed by atoms with Gasteiger partial charge in [-0.2, -0.15) is 0 Å². The quantitative estimate of drug-likeness (QED) is 0.930. The van der Waals surface area contributed by atoms with E-state index >= 15 is 0 Å². The summed E-state index contributed by atoms with van der Waals surface area (Å²) in [5, 5.41) is 10.1. The number of carbonyl (C=O) groups is 1. The number of rotatable bonds is 3. The zero-order valence-corrected chi connectivity index (χ0v) is 13.2. The van der Waals surface area contributed by atoms with Crippen LogP contribution in [0.2, 0.25) is 0 Å². The summed E-state index contributed by atoms with van der Waals surface area (Å²) in [4.78, 5) is 14.0. The number of likely N-dealkylation sites (tertiary alicyclic amines) is 1. The Morgan fingerprint density at radius 3 is 2.81 bits per heavy atom. The molecule has 1 aromatic carbocycles. The highest BCUT2D eigenvalue weighted by Crippen LogP contribution is 2.22. The summed E-state index contributed by atoms with van der Waals surface area (Å²) in [5.74, 6) is 0.753. The van der Waals surface area contributed by atoms with Crippen molar-refractivity contribution < 1.29 is 14.6 Å². The van der Waals surface area contributed by atoms with Gasteiger partial charge in [-0.05, 0) is 51.7 Å². The largest absolute Gasteiger partial charge is 0.484 e. The second-order valence-corrected chi connectivity index (χ2v) is 6.29. The molecular weight excluding hydrogens is 266 g/mol. The van der Waals surface area contributed by atoms with Crippen LogP contribution in [0.5, 0.6) is 5.75 Å². The summed E-state index contributed by atoms with van der Waals surface area (Å²) in [6, 6.07) is 5.93. The van der Waals surface area contributed by atoms with Crippen LogP contribution in [0.4, 0.5) is 0 Å². The molecule has 0 saturated carbocycles. The molecule has 1 aliphatic heterocycles. The van der Waals surface area contributed by atoms with Crippen molar-refractivity contribution in [2.75, 3.05) is 19.7 Å². The molecule has 4 heteroatoms. The van der Waals surface area contributed by atoms with Crippen molar-refractivity contribution >= 4 is 5.91 Å². The van der Waals surface area contributed by atoms with E-state index in [-0.39, 0.29) is 12.5 Å². The smallest absolute Gasteiger partial charge is 0.260 e. The van der Waals surface area contributed by atoms with Crippen molar-refractivity contribution in [3.63, 3.8) is 0 Å². The van der Waals surface area contributed by atoms with Gasteiger partial charge in [-0.3, -0.25) is 4.79 Å². The van der Waals surface area contributed by atoms with Gasteiger partial charge in [0.05, 0.1) is 5.60 Å². The Balaban J connectivity index is 1.89. The van der Waals surface area contributed by atoms with Crippen LogP contribution in [0.25, 0.3) is 0 Å². The van der Waals surface area contributed by atoms with Crippen molar-refractivity contribution in [2.45, 2.75) is 45.6 Å². The lowest BCUT2D eigenvalue weighted by Gasteiger charge is -2.22. The third-order valence-electron chi connectivity index (χ3n) is 4.10. The van der Waals surface area contributed by atoms with Gasteiger partial charge in [0, 0.05) is 13.1 Å². The molecule has 1 heterocycles. The average molecular weight is 291 g/mol. The lowest BCUT2D eigenvalue weighted by Crippen LogP contribution is -2.36. The predicted octanol–water partition coefficient (Wildman–Crippen LogP) is 2.45. The standard InChI is InChI=1S/C17H25NO3/c1-13-5-6-15(14(2)11-13)21-12-16(19)18-9-4-7-17(3,20)8-10-18/h5-6,11,20H,4,7-10,12H2,1-3H3. The van der Waals surface area contributed by atoms with Crippen LogP contribution in [0.15, 0.2) is 18.2 Å². The Bertz CT molecular complexity index is 511. The summed E-state index contributed by atoms with van der Waals surface area (Å²) < 4.78 is 5.65. The molecule has 1 amide bonds. The molecule has 4 nitrogen and oxygen atoms in total. The normalized spacial score (nSPS) is 22.8. The fourth-order valence-corrected chi connectivity index (χ4v) is 2.70. The Hall–Kier alpha value is -1.55. The van der Waals surface area contributed by atoms with Crippen LogP contribution in [0.3, 0.4) is 0 Å². The van der Waals surface area contributed by atoms with Gasteiger partial charge in [-0.1, -0.05) is 17.7 Å². The van der Waals surface area contributed by atoms with E-state index < -0.39 is 5.60 Å². The van der Waals surface area contributed by atoms with E-state index in [1.807, 2.05) is 39.0 Å². The SMILES string of the molecule is Cc1ccc(OCC(=O)N2CCCC(C)(O)CC2)c(C)c1. The third kappa shape index (κ3) is 4.46. The van der Waals surface area contributed by atoms with Gasteiger partial charge in [-0.25, -0.2) is 0 Å². The molecule has 1 atom stereocenters. The fraction of sp³-hybridized carbons (Fsp3) is 0.588. The van der Waals surface area contributed by atoms with Gasteiger partial charge in [0.2, 0.25) is 0 Å². The predicted molar refractivity (Wildman–Crippen MR) is 82.5 cm³/mol. The summed E-state index contributed by atoms with van der Waals surface area (Å²) >= 11 is 0. The number of carbonyl (C=O) groups excluding carboxylic acids is 1. The van der Waals surface area contributed by atoms with Crippen LogP contribution in [0, 0.1) is 13.8 Å². The number of hydrogen-bond acceptors (Lipinski definition) is 3. The third-order valence-corrected chi connectivity index (χ3v) is 4.10. The van der Waals surface area contributed by atoms with Crippen molar-refractivity contribution in [3.05, 3.63) is 29.3 Å². The van der Waals surface area contributed by atoms with Gasteiger partial charge in [0.1, 0.15) is 5.75 Å². The molecule has 1 aromatic rings. The van der Waals surface area contributed by atoms with Crippen molar-refractivity contribution in [1.29, 1.82) is 0 Å². The molecule has 1 aliphatic rings. The second-order valence-electron chi connectivity index (χ2n) is 6.29. The Kier molecular flexibility index (Phi) is 4.88. The first-order chi connectivity index (χ1) is 9.87. The highest BCUT2D eigenvalue weighted by Gasteiger charge is 2.27. The van der Waals surface area contributed by atoms with Crippen molar-refractivity contribution in [2.24, 2.45) is 0 Å². The first kappa shape index (κ1) is 15.8. The summed E-state index contributed by atoms with van der Waals surface area (Å²) in [5.41, 5.74) is 1.58.